The molecule has 2 rings (SSSR count). The van der Waals surface area contributed by atoms with Crippen LogP contribution in [0, 0.1) is 5.92 Å². The molecule has 5 atom stereocenters. The Hall–Kier alpha value is -4.26. The van der Waals surface area contributed by atoms with Crippen LogP contribution in [0.2, 0.25) is 0 Å². The zero-order chi connectivity index (χ0) is 28.9. The SMILES string of the molecule is CCC(C)C(NC(=O)C(N)Cc1ccccc1)C(=O)NC(Cc1cnc[nH]1)C(=O)NC(CCC(N)=O)C(=O)O. The summed E-state index contributed by atoms with van der Waals surface area (Å²) >= 11 is 0. The number of H-pyrrole nitrogens is 1. The summed E-state index contributed by atoms with van der Waals surface area (Å²) in [6.07, 6.45) is 3.17. The number of hydrogen-bond donors (Lipinski definition) is 7. The molecule has 212 valence electrons. The van der Waals surface area contributed by atoms with Crippen LogP contribution >= 0.6 is 0 Å². The summed E-state index contributed by atoms with van der Waals surface area (Å²) in [5.41, 5.74) is 12.6. The molecular formula is C26H37N7O6. The molecule has 0 saturated heterocycles. The monoisotopic (exact) mass is 543 g/mol. The molecule has 9 N–H and O–H groups in total. The van der Waals surface area contributed by atoms with Crippen LogP contribution < -0.4 is 27.4 Å². The van der Waals surface area contributed by atoms with Gasteiger partial charge in [-0.3, -0.25) is 19.2 Å². The molecular weight excluding hydrogens is 506 g/mol. The van der Waals surface area contributed by atoms with Gasteiger partial charge in [0.2, 0.25) is 23.6 Å². The number of rotatable bonds is 16. The first kappa shape index (κ1) is 31.0. The highest BCUT2D eigenvalue weighted by Crippen LogP contribution is 2.11. The minimum Gasteiger partial charge on any atom is -0.480 e. The van der Waals surface area contributed by atoms with Gasteiger partial charge in [0.25, 0.3) is 0 Å². The van der Waals surface area contributed by atoms with Crippen molar-refractivity contribution >= 4 is 29.6 Å². The normalized spacial score (nSPS) is 14.7. The number of aromatic amines is 1. The Kier molecular flexibility index (Phi) is 12.1. The van der Waals surface area contributed by atoms with Gasteiger partial charge in [0.15, 0.2) is 0 Å². The molecule has 5 unspecified atom stereocenters. The average Bonchev–Trinajstić information content (AvgIpc) is 3.41. The zero-order valence-electron chi connectivity index (χ0n) is 22.1. The highest BCUT2D eigenvalue weighted by atomic mass is 16.4. The Morgan fingerprint density at radius 1 is 0.974 bits per heavy atom. The quantitative estimate of drug-likeness (QED) is 0.144. The number of carboxylic acid groups (broad SMARTS) is 1. The highest BCUT2D eigenvalue weighted by molar-refractivity contribution is 5.94. The van der Waals surface area contributed by atoms with Gasteiger partial charge in [-0.15, -0.1) is 0 Å². The van der Waals surface area contributed by atoms with Gasteiger partial charge < -0.3 is 37.5 Å². The number of carboxylic acids is 1. The number of amides is 4. The molecule has 0 spiro atoms. The summed E-state index contributed by atoms with van der Waals surface area (Å²) in [6, 6.07) is 4.69. The van der Waals surface area contributed by atoms with Gasteiger partial charge in [0.05, 0.1) is 12.4 Å². The van der Waals surface area contributed by atoms with Crippen LogP contribution in [0.4, 0.5) is 0 Å². The Labute approximate surface area is 226 Å². The van der Waals surface area contributed by atoms with Gasteiger partial charge in [-0.25, -0.2) is 9.78 Å². The average molecular weight is 544 g/mol. The van der Waals surface area contributed by atoms with E-state index in [-0.39, 0.29) is 31.6 Å². The van der Waals surface area contributed by atoms with Crippen LogP contribution in [0.1, 0.15) is 44.4 Å². The number of benzene rings is 1. The van der Waals surface area contributed by atoms with E-state index in [0.29, 0.717) is 12.1 Å². The van der Waals surface area contributed by atoms with Gasteiger partial charge in [0, 0.05) is 24.7 Å². The van der Waals surface area contributed by atoms with E-state index in [9.17, 15) is 29.1 Å². The van der Waals surface area contributed by atoms with Crippen LogP contribution in [-0.2, 0) is 36.8 Å². The van der Waals surface area contributed by atoms with E-state index in [1.807, 2.05) is 37.3 Å². The van der Waals surface area contributed by atoms with Crippen molar-refractivity contribution in [2.75, 3.05) is 0 Å². The number of primary amides is 1. The van der Waals surface area contributed by atoms with Crippen molar-refractivity contribution in [3.05, 3.63) is 54.1 Å². The third-order valence-electron chi connectivity index (χ3n) is 6.33. The smallest absolute Gasteiger partial charge is 0.326 e. The van der Waals surface area contributed by atoms with E-state index >= 15 is 0 Å². The van der Waals surface area contributed by atoms with Crippen molar-refractivity contribution in [2.24, 2.45) is 17.4 Å². The molecule has 0 saturated carbocycles. The molecule has 13 nitrogen and oxygen atoms in total. The maximum atomic E-state index is 13.4. The first-order valence-electron chi connectivity index (χ1n) is 12.7. The minimum absolute atomic E-state index is 0.0333. The number of carbonyl (C=O) groups excluding carboxylic acids is 4. The molecule has 0 bridgehead atoms. The highest BCUT2D eigenvalue weighted by Gasteiger charge is 2.33. The fourth-order valence-electron chi connectivity index (χ4n) is 3.83. The van der Waals surface area contributed by atoms with Gasteiger partial charge in [-0.05, 0) is 24.3 Å². The second-order valence-electron chi connectivity index (χ2n) is 9.41. The fourth-order valence-corrected chi connectivity index (χ4v) is 3.83. The van der Waals surface area contributed by atoms with Gasteiger partial charge in [0.1, 0.15) is 18.1 Å². The second-order valence-corrected chi connectivity index (χ2v) is 9.41. The van der Waals surface area contributed by atoms with E-state index in [0.717, 1.165) is 5.56 Å². The first-order chi connectivity index (χ1) is 18.5. The summed E-state index contributed by atoms with van der Waals surface area (Å²) in [5, 5.41) is 17.2. The van der Waals surface area contributed by atoms with Crippen molar-refractivity contribution in [3.63, 3.8) is 0 Å². The number of aliphatic carboxylic acids is 1. The first-order valence-corrected chi connectivity index (χ1v) is 12.7. The van der Waals surface area contributed by atoms with E-state index in [1.165, 1.54) is 12.5 Å². The van der Waals surface area contributed by atoms with E-state index in [4.69, 9.17) is 11.5 Å². The third-order valence-corrected chi connectivity index (χ3v) is 6.33. The molecule has 1 aromatic carbocycles. The second kappa shape index (κ2) is 15.2. The minimum atomic E-state index is -1.40. The predicted octanol–water partition coefficient (Wildman–Crippen LogP) is -0.627. The Morgan fingerprint density at radius 3 is 2.21 bits per heavy atom. The van der Waals surface area contributed by atoms with Crippen LogP contribution in [0.5, 0.6) is 0 Å². The van der Waals surface area contributed by atoms with Crippen molar-refractivity contribution in [2.45, 2.75) is 70.1 Å². The van der Waals surface area contributed by atoms with Crippen LogP contribution in [0.3, 0.4) is 0 Å². The Morgan fingerprint density at radius 2 is 1.64 bits per heavy atom. The lowest BCUT2D eigenvalue weighted by Gasteiger charge is -2.28. The van der Waals surface area contributed by atoms with Crippen molar-refractivity contribution < 1.29 is 29.1 Å². The van der Waals surface area contributed by atoms with Gasteiger partial charge >= 0.3 is 5.97 Å². The summed E-state index contributed by atoms with van der Waals surface area (Å²) in [5.74, 6) is -4.32. The predicted molar refractivity (Wildman–Crippen MR) is 142 cm³/mol. The van der Waals surface area contributed by atoms with E-state index in [2.05, 4.69) is 25.9 Å². The number of nitrogens with two attached hydrogens (primary N) is 2. The lowest BCUT2D eigenvalue weighted by molar-refractivity contribution is -0.142. The van der Waals surface area contributed by atoms with Crippen LogP contribution in [-0.4, -0.2) is 68.8 Å². The molecule has 4 amide bonds. The summed E-state index contributed by atoms with van der Waals surface area (Å²) < 4.78 is 0. The Bertz CT molecular complexity index is 1110. The lowest BCUT2D eigenvalue weighted by Crippen LogP contribution is -2.59. The number of nitrogens with one attached hydrogen (secondary N) is 4. The van der Waals surface area contributed by atoms with E-state index in [1.54, 1.807) is 6.92 Å². The fraction of sp³-hybridized carbons (Fsp3) is 0.462. The summed E-state index contributed by atoms with van der Waals surface area (Å²) in [6.45, 7) is 3.63. The number of carbonyl (C=O) groups is 5. The maximum Gasteiger partial charge on any atom is 0.326 e. The molecule has 2 aromatic rings. The molecule has 0 fully saturated rings. The molecule has 0 radical (unpaired) electrons. The summed E-state index contributed by atoms with van der Waals surface area (Å²) in [7, 11) is 0. The zero-order valence-corrected chi connectivity index (χ0v) is 22.1. The number of imidazole rings is 1. The summed E-state index contributed by atoms with van der Waals surface area (Å²) in [4.78, 5) is 68.9. The van der Waals surface area contributed by atoms with Crippen LogP contribution in [0.15, 0.2) is 42.9 Å². The molecule has 39 heavy (non-hydrogen) atoms. The Balaban J connectivity index is 2.18. The lowest BCUT2D eigenvalue weighted by atomic mass is 9.96. The molecule has 1 aromatic heterocycles. The number of aromatic nitrogens is 2. The van der Waals surface area contributed by atoms with Gasteiger partial charge in [-0.2, -0.15) is 0 Å². The maximum absolute atomic E-state index is 13.4. The van der Waals surface area contributed by atoms with Gasteiger partial charge in [-0.1, -0.05) is 50.6 Å². The molecule has 0 aliphatic rings. The third kappa shape index (κ3) is 10.2. The van der Waals surface area contributed by atoms with Crippen molar-refractivity contribution in [3.8, 4) is 0 Å². The van der Waals surface area contributed by atoms with Crippen LogP contribution in [0.25, 0.3) is 0 Å². The number of nitrogens with zero attached hydrogens (tertiary/aromatic N) is 1. The number of hydrogen-bond acceptors (Lipinski definition) is 7. The molecule has 1 heterocycles. The molecule has 13 heteroatoms. The molecule has 0 aliphatic carbocycles. The largest absolute Gasteiger partial charge is 0.480 e. The standard InChI is InChI=1S/C26H37N7O6/c1-3-15(2)22(33-23(35)18(27)11-16-7-5-4-6-8-16)25(37)32-20(12-17-13-29-14-30-17)24(36)31-19(26(38)39)9-10-21(28)34/h4-8,13-15,18-20,22H,3,9-12,27H2,1-2H3,(H2,28,34)(H,29,30)(H,31,36)(H,32,37)(H,33,35)(H,38,39). The molecule has 0 aliphatic heterocycles. The topological polar surface area (TPSA) is 222 Å². The van der Waals surface area contributed by atoms with Crippen molar-refractivity contribution in [1.29, 1.82) is 0 Å². The van der Waals surface area contributed by atoms with E-state index < -0.39 is 53.8 Å². The van der Waals surface area contributed by atoms with Crippen molar-refractivity contribution in [1.82, 2.24) is 25.9 Å².